The Morgan fingerprint density at radius 1 is 1.12 bits per heavy atom. The first-order chi connectivity index (χ1) is 12.6. The summed E-state index contributed by atoms with van der Waals surface area (Å²) in [6.07, 6.45) is 2.91. The molecule has 0 unspecified atom stereocenters. The smallest absolute Gasteiger partial charge is 0.409 e. The molecular weight excluding hydrogens is 336 g/mol. The van der Waals surface area contributed by atoms with E-state index in [0.717, 1.165) is 5.69 Å². The van der Waals surface area contributed by atoms with Crippen molar-refractivity contribution in [3.63, 3.8) is 0 Å². The lowest BCUT2D eigenvalue weighted by Gasteiger charge is -2.33. The normalized spacial score (nSPS) is 14.2. The monoisotopic (exact) mass is 358 g/mol. The topological polar surface area (TPSA) is 76.9 Å². The Morgan fingerprint density at radius 3 is 2.50 bits per heavy atom. The van der Waals surface area contributed by atoms with E-state index >= 15 is 0 Å². The molecule has 2 amide bonds. The van der Waals surface area contributed by atoms with Crippen LogP contribution in [0, 0.1) is 0 Å². The van der Waals surface area contributed by atoms with E-state index in [2.05, 4.69) is 5.10 Å². The van der Waals surface area contributed by atoms with Crippen molar-refractivity contribution in [2.75, 3.05) is 39.9 Å². The zero-order chi connectivity index (χ0) is 18.5. The molecule has 2 heterocycles. The maximum Gasteiger partial charge on any atom is 0.409 e. The second kappa shape index (κ2) is 7.90. The summed E-state index contributed by atoms with van der Waals surface area (Å²) in [6.45, 7) is 3.99. The maximum atomic E-state index is 12.7. The molecule has 1 fully saturated rings. The van der Waals surface area contributed by atoms with Gasteiger partial charge in [0.2, 0.25) is 0 Å². The van der Waals surface area contributed by atoms with E-state index in [1.807, 2.05) is 24.3 Å². The zero-order valence-corrected chi connectivity index (χ0v) is 14.9. The number of rotatable bonds is 4. The number of amides is 2. The number of carbonyl (C=O) groups excluding carboxylic acids is 2. The van der Waals surface area contributed by atoms with Crippen molar-refractivity contribution in [2.45, 2.75) is 6.92 Å². The van der Waals surface area contributed by atoms with E-state index in [4.69, 9.17) is 9.47 Å². The largest absolute Gasteiger partial charge is 0.494 e. The molecule has 0 radical (unpaired) electrons. The van der Waals surface area contributed by atoms with Crippen LogP contribution in [-0.4, -0.2) is 71.5 Å². The van der Waals surface area contributed by atoms with Crippen molar-refractivity contribution >= 4 is 12.0 Å². The van der Waals surface area contributed by atoms with Gasteiger partial charge in [0.1, 0.15) is 11.4 Å². The number of benzene rings is 1. The Bertz CT molecular complexity index is 781. The van der Waals surface area contributed by atoms with Gasteiger partial charge in [0.05, 0.1) is 25.5 Å². The van der Waals surface area contributed by atoms with Gasteiger partial charge in [-0.1, -0.05) is 12.1 Å². The standard InChI is InChI=1S/C18H22N4O4/c1-3-26-18(24)21-10-8-20(9-11-21)17(23)14-12-19-22(13-14)15-6-4-5-7-16(15)25-2/h4-7,12-13H,3,8-11H2,1-2H3. The highest BCUT2D eigenvalue weighted by Crippen LogP contribution is 2.22. The molecule has 0 N–H and O–H groups in total. The molecule has 1 aromatic heterocycles. The Hall–Kier alpha value is -3.03. The van der Waals surface area contributed by atoms with Crippen LogP contribution in [-0.2, 0) is 4.74 Å². The first-order valence-electron chi connectivity index (χ1n) is 8.53. The lowest BCUT2D eigenvalue weighted by atomic mass is 10.2. The van der Waals surface area contributed by atoms with Crippen LogP contribution >= 0.6 is 0 Å². The van der Waals surface area contributed by atoms with Crippen molar-refractivity contribution < 1.29 is 19.1 Å². The molecule has 1 aliphatic heterocycles. The van der Waals surface area contributed by atoms with Gasteiger partial charge in [-0.15, -0.1) is 0 Å². The van der Waals surface area contributed by atoms with Gasteiger partial charge in [0, 0.05) is 32.4 Å². The van der Waals surface area contributed by atoms with Gasteiger partial charge in [0.25, 0.3) is 5.91 Å². The van der Waals surface area contributed by atoms with Crippen molar-refractivity contribution in [3.05, 3.63) is 42.2 Å². The molecule has 1 saturated heterocycles. The van der Waals surface area contributed by atoms with Crippen LogP contribution in [0.5, 0.6) is 5.75 Å². The molecular formula is C18H22N4O4. The van der Waals surface area contributed by atoms with Crippen molar-refractivity contribution in [1.82, 2.24) is 19.6 Å². The Morgan fingerprint density at radius 2 is 1.81 bits per heavy atom. The Balaban J connectivity index is 1.67. The third-order valence-electron chi connectivity index (χ3n) is 4.25. The van der Waals surface area contributed by atoms with E-state index < -0.39 is 0 Å². The van der Waals surface area contributed by atoms with Gasteiger partial charge in [-0.25, -0.2) is 9.48 Å². The molecule has 0 bridgehead atoms. The van der Waals surface area contributed by atoms with E-state index in [-0.39, 0.29) is 12.0 Å². The molecule has 0 aliphatic carbocycles. The number of hydrogen-bond acceptors (Lipinski definition) is 5. The van der Waals surface area contributed by atoms with E-state index in [1.54, 1.807) is 40.9 Å². The quantitative estimate of drug-likeness (QED) is 0.833. The minimum absolute atomic E-state index is 0.102. The van der Waals surface area contributed by atoms with E-state index in [0.29, 0.717) is 44.1 Å². The molecule has 0 spiro atoms. The van der Waals surface area contributed by atoms with Crippen LogP contribution in [0.2, 0.25) is 0 Å². The van der Waals surface area contributed by atoms with E-state index in [1.165, 1.54) is 0 Å². The van der Waals surface area contributed by atoms with Crippen LogP contribution < -0.4 is 4.74 Å². The van der Waals surface area contributed by atoms with Crippen LogP contribution in [0.1, 0.15) is 17.3 Å². The van der Waals surface area contributed by atoms with Crippen molar-refractivity contribution in [3.8, 4) is 11.4 Å². The predicted octanol–water partition coefficient (Wildman–Crippen LogP) is 1.80. The summed E-state index contributed by atoms with van der Waals surface area (Å²) in [5, 5.41) is 4.28. The first-order valence-corrected chi connectivity index (χ1v) is 8.53. The van der Waals surface area contributed by atoms with Gasteiger partial charge < -0.3 is 19.3 Å². The number of methoxy groups -OCH3 is 1. The SMILES string of the molecule is CCOC(=O)N1CCN(C(=O)c2cnn(-c3ccccc3OC)c2)CC1. The summed E-state index contributed by atoms with van der Waals surface area (Å²) in [5.74, 6) is 0.576. The second-order valence-electron chi connectivity index (χ2n) is 5.82. The molecule has 0 atom stereocenters. The number of carbonyl (C=O) groups is 2. The Kier molecular flexibility index (Phi) is 5.40. The molecule has 3 rings (SSSR count). The van der Waals surface area contributed by atoms with Gasteiger partial charge in [0.15, 0.2) is 0 Å². The highest BCUT2D eigenvalue weighted by Gasteiger charge is 2.26. The van der Waals surface area contributed by atoms with Gasteiger partial charge >= 0.3 is 6.09 Å². The highest BCUT2D eigenvalue weighted by atomic mass is 16.6. The number of aromatic nitrogens is 2. The van der Waals surface area contributed by atoms with Crippen LogP contribution in [0.15, 0.2) is 36.7 Å². The summed E-state index contributed by atoms with van der Waals surface area (Å²) in [7, 11) is 1.59. The summed E-state index contributed by atoms with van der Waals surface area (Å²) in [5.41, 5.74) is 1.27. The molecule has 26 heavy (non-hydrogen) atoms. The molecule has 2 aromatic rings. The predicted molar refractivity (Wildman–Crippen MR) is 94.6 cm³/mol. The third kappa shape index (κ3) is 3.63. The average molecular weight is 358 g/mol. The molecule has 1 aliphatic rings. The number of nitrogens with zero attached hydrogens (tertiary/aromatic N) is 4. The summed E-state index contributed by atoms with van der Waals surface area (Å²) in [4.78, 5) is 27.8. The summed E-state index contributed by atoms with van der Waals surface area (Å²) < 4.78 is 12.0. The molecule has 8 heteroatoms. The molecule has 0 saturated carbocycles. The summed E-state index contributed by atoms with van der Waals surface area (Å²) >= 11 is 0. The number of piperazine rings is 1. The molecule has 8 nitrogen and oxygen atoms in total. The Labute approximate surface area is 151 Å². The minimum atomic E-state index is -0.330. The summed E-state index contributed by atoms with van der Waals surface area (Å²) in [6, 6.07) is 7.47. The van der Waals surface area contributed by atoms with Gasteiger partial charge in [-0.3, -0.25) is 4.79 Å². The van der Waals surface area contributed by atoms with Crippen LogP contribution in [0.4, 0.5) is 4.79 Å². The fraction of sp³-hybridized carbons (Fsp3) is 0.389. The number of ether oxygens (including phenoxy) is 2. The van der Waals surface area contributed by atoms with Crippen molar-refractivity contribution in [2.24, 2.45) is 0 Å². The third-order valence-corrected chi connectivity index (χ3v) is 4.25. The zero-order valence-electron chi connectivity index (χ0n) is 14.9. The molecule has 1 aromatic carbocycles. The lowest BCUT2D eigenvalue weighted by Crippen LogP contribution is -2.50. The second-order valence-corrected chi connectivity index (χ2v) is 5.82. The van der Waals surface area contributed by atoms with Crippen LogP contribution in [0.3, 0.4) is 0 Å². The average Bonchev–Trinajstić information content (AvgIpc) is 3.17. The van der Waals surface area contributed by atoms with Crippen LogP contribution in [0.25, 0.3) is 5.69 Å². The highest BCUT2D eigenvalue weighted by molar-refractivity contribution is 5.94. The minimum Gasteiger partial charge on any atom is -0.494 e. The number of hydrogen-bond donors (Lipinski definition) is 0. The lowest BCUT2D eigenvalue weighted by molar-refractivity contribution is 0.0570. The molecule has 138 valence electrons. The fourth-order valence-electron chi connectivity index (χ4n) is 2.87. The van der Waals surface area contributed by atoms with Gasteiger partial charge in [-0.2, -0.15) is 5.10 Å². The van der Waals surface area contributed by atoms with Gasteiger partial charge in [-0.05, 0) is 19.1 Å². The van der Waals surface area contributed by atoms with E-state index in [9.17, 15) is 9.59 Å². The van der Waals surface area contributed by atoms with Crippen molar-refractivity contribution in [1.29, 1.82) is 0 Å². The first kappa shape index (κ1) is 17.8. The fourth-order valence-corrected chi connectivity index (χ4v) is 2.87. The maximum absolute atomic E-state index is 12.7. The number of para-hydroxylation sites is 2.